The monoisotopic (exact) mass is 578 g/mol. The van der Waals surface area contributed by atoms with Gasteiger partial charge in [0, 0.05) is 64.4 Å². The Morgan fingerprint density at radius 2 is 1.73 bits per heavy atom. The number of piperidine rings is 1. The summed E-state index contributed by atoms with van der Waals surface area (Å²) in [5.41, 5.74) is 0.246. The number of carbonyl (C=O) groups excluding carboxylic acids is 3. The number of nitrogens with one attached hydrogen (secondary N) is 1. The summed E-state index contributed by atoms with van der Waals surface area (Å²) in [7, 11) is 3.36. The Kier molecular flexibility index (Phi) is 17.8. The topological polar surface area (TPSA) is 111 Å². The molecule has 1 aromatic rings. The molecule has 1 N–H and O–H groups in total. The largest absolute Gasteiger partial charge is 0.385 e. The Balaban J connectivity index is 0.00000123. The Morgan fingerprint density at radius 3 is 2.17 bits per heavy atom. The summed E-state index contributed by atoms with van der Waals surface area (Å²) in [5, 5.41) is 3.25. The lowest BCUT2D eigenvalue weighted by Gasteiger charge is -2.34. The van der Waals surface area contributed by atoms with Crippen LogP contribution < -0.4 is 5.32 Å². The number of ether oxygens (including phenoxy) is 2. The van der Waals surface area contributed by atoms with Crippen LogP contribution >= 0.6 is 0 Å². The van der Waals surface area contributed by atoms with Gasteiger partial charge in [0.15, 0.2) is 5.78 Å². The lowest BCUT2D eigenvalue weighted by molar-refractivity contribution is -0.127. The number of hydrogen-bond donors (Lipinski definition) is 1. The molecule has 1 aromatic heterocycles. The maximum Gasteiger partial charge on any atom is 0.209 e. The van der Waals surface area contributed by atoms with E-state index in [1.807, 2.05) is 41.5 Å². The molecule has 9 heteroatoms. The molecule has 9 nitrogen and oxygen atoms in total. The quantitative estimate of drug-likeness (QED) is 0.194. The number of nitrogens with zero attached hydrogens (tertiary/aromatic N) is 3. The number of carbonyl (C=O) groups is 3. The van der Waals surface area contributed by atoms with Crippen molar-refractivity contribution in [3.05, 3.63) is 17.6 Å². The second-order valence-corrected chi connectivity index (χ2v) is 13.2. The first-order valence-corrected chi connectivity index (χ1v) is 14.9. The van der Waals surface area contributed by atoms with Gasteiger partial charge in [-0.25, -0.2) is 9.97 Å². The molecule has 1 saturated heterocycles. The van der Waals surface area contributed by atoms with Gasteiger partial charge in [0.1, 0.15) is 17.4 Å². The molecule has 0 saturated carbocycles. The van der Waals surface area contributed by atoms with Crippen LogP contribution in [0, 0.1) is 17.8 Å². The zero-order valence-corrected chi connectivity index (χ0v) is 27.9. The van der Waals surface area contributed by atoms with Gasteiger partial charge >= 0.3 is 0 Å². The molecule has 2 rings (SSSR count). The van der Waals surface area contributed by atoms with E-state index in [1.165, 1.54) is 6.42 Å². The van der Waals surface area contributed by atoms with Crippen molar-refractivity contribution in [3.8, 4) is 0 Å². The van der Waals surface area contributed by atoms with E-state index in [-0.39, 0.29) is 40.8 Å². The molecule has 0 aliphatic carbocycles. The first-order chi connectivity index (χ1) is 19.0. The minimum atomic E-state index is -0.243. The van der Waals surface area contributed by atoms with Crippen LogP contribution in [0.3, 0.4) is 0 Å². The van der Waals surface area contributed by atoms with Crippen molar-refractivity contribution in [1.29, 1.82) is 0 Å². The molecule has 2 unspecified atom stereocenters. The molecule has 1 aliphatic rings. The number of aromatic nitrogens is 2. The van der Waals surface area contributed by atoms with Crippen LogP contribution in [-0.4, -0.2) is 78.9 Å². The molecular formula is C32H58N4O5. The summed E-state index contributed by atoms with van der Waals surface area (Å²) in [6, 6.07) is 0. The summed E-state index contributed by atoms with van der Waals surface area (Å²) in [6.07, 6.45) is 5.31. The molecule has 236 valence electrons. The number of ketones is 2. The van der Waals surface area contributed by atoms with Crippen LogP contribution in [0.2, 0.25) is 0 Å². The summed E-state index contributed by atoms with van der Waals surface area (Å²) in [6.45, 7) is 22.5. The highest BCUT2D eigenvalue weighted by atomic mass is 16.5. The summed E-state index contributed by atoms with van der Waals surface area (Å²) >= 11 is 0. The first-order valence-electron chi connectivity index (χ1n) is 14.9. The van der Waals surface area contributed by atoms with Gasteiger partial charge in [-0.15, -0.1) is 0 Å². The van der Waals surface area contributed by atoms with Crippen molar-refractivity contribution in [2.75, 3.05) is 45.8 Å². The van der Waals surface area contributed by atoms with Crippen molar-refractivity contribution in [2.24, 2.45) is 17.8 Å². The molecule has 1 fully saturated rings. The molecule has 1 aliphatic heterocycles. The molecule has 0 radical (unpaired) electrons. The van der Waals surface area contributed by atoms with Gasteiger partial charge < -0.3 is 19.7 Å². The standard InChI is InChI=1S/C22H34N4O4.C5H12O.C5H12/c1-15(28)17-9-16(12-26(13-17)14-27)10-19(29)18-11-24-21(22(2,3)4)25-20(18)23-7-6-8-30-5;1-5(2,3)6-4;1-4-5(2)3/h11,14,16-17H,6-10,12-13H2,1-5H3,(H,23,24,25);1-4H3;5H,4H2,1-3H3. The van der Waals surface area contributed by atoms with Crippen LogP contribution in [0.25, 0.3) is 0 Å². The number of amides is 1. The van der Waals surface area contributed by atoms with Crippen LogP contribution in [0.4, 0.5) is 5.82 Å². The molecular weight excluding hydrogens is 520 g/mol. The highest BCUT2D eigenvalue weighted by Crippen LogP contribution is 2.28. The van der Waals surface area contributed by atoms with Crippen molar-refractivity contribution < 1.29 is 23.9 Å². The number of likely N-dealkylation sites (tertiary alicyclic amines) is 1. The Hall–Kier alpha value is -2.39. The van der Waals surface area contributed by atoms with E-state index in [2.05, 4.69) is 36.1 Å². The fraction of sp³-hybridized carbons (Fsp3) is 0.781. The first kappa shape index (κ1) is 38.6. The highest BCUT2D eigenvalue weighted by molar-refractivity contribution is 6.00. The molecule has 2 atom stereocenters. The van der Waals surface area contributed by atoms with Gasteiger partial charge in [-0.3, -0.25) is 14.4 Å². The van der Waals surface area contributed by atoms with Gasteiger partial charge in [-0.2, -0.15) is 0 Å². The molecule has 0 spiro atoms. The zero-order chi connectivity index (χ0) is 31.8. The van der Waals surface area contributed by atoms with Gasteiger partial charge in [-0.1, -0.05) is 48.0 Å². The number of methoxy groups -OCH3 is 2. The van der Waals surface area contributed by atoms with Crippen LogP contribution in [0.1, 0.15) is 111 Å². The van der Waals surface area contributed by atoms with Gasteiger partial charge in [0.05, 0.1) is 11.2 Å². The third-order valence-electron chi connectivity index (χ3n) is 6.77. The van der Waals surface area contributed by atoms with E-state index < -0.39 is 0 Å². The number of anilines is 1. The zero-order valence-electron chi connectivity index (χ0n) is 27.9. The van der Waals surface area contributed by atoms with Crippen LogP contribution in [0.15, 0.2) is 6.20 Å². The van der Waals surface area contributed by atoms with Crippen molar-refractivity contribution >= 4 is 23.8 Å². The Labute approximate surface area is 249 Å². The molecule has 0 aromatic carbocycles. The third-order valence-corrected chi connectivity index (χ3v) is 6.77. The molecule has 0 bridgehead atoms. The van der Waals surface area contributed by atoms with Crippen molar-refractivity contribution in [2.45, 2.75) is 106 Å². The third kappa shape index (κ3) is 16.6. The summed E-state index contributed by atoms with van der Waals surface area (Å²) in [4.78, 5) is 46.9. The lowest BCUT2D eigenvalue weighted by atomic mass is 9.83. The fourth-order valence-electron chi connectivity index (χ4n) is 3.65. The maximum atomic E-state index is 13.1. The smallest absolute Gasteiger partial charge is 0.209 e. The average molecular weight is 579 g/mol. The van der Waals surface area contributed by atoms with E-state index >= 15 is 0 Å². The SMILES string of the molecule is CCC(C)C.COC(C)(C)C.COCCCNc1nc(C(C)(C)C)ncc1C(=O)CC1CC(C(C)=O)CN(C=O)C1. The number of hydrogen-bond acceptors (Lipinski definition) is 8. The minimum Gasteiger partial charge on any atom is -0.385 e. The highest BCUT2D eigenvalue weighted by Gasteiger charge is 2.31. The number of rotatable bonds is 11. The Morgan fingerprint density at radius 1 is 1.15 bits per heavy atom. The minimum absolute atomic E-state index is 0.0417. The van der Waals surface area contributed by atoms with E-state index in [0.717, 1.165) is 18.7 Å². The van der Waals surface area contributed by atoms with Crippen molar-refractivity contribution in [3.63, 3.8) is 0 Å². The predicted molar refractivity (Wildman–Crippen MR) is 166 cm³/mol. The van der Waals surface area contributed by atoms with E-state index in [4.69, 9.17) is 9.47 Å². The van der Waals surface area contributed by atoms with Crippen molar-refractivity contribution in [1.82, 2.24) is 14.9 Å². The Bertz CT molecular complexity index is 922. The fourth-order valence-corrected chi connectivity index (χ4v) is 3.65. The normalized spacial score (nSPS) is 17.1. The number of Topliss-reactive ketones (excluding diaryl/α,β-unsaturated/α-hetero) is 2. The van der Waals surface area contributed by atoms with Gasteiger partial charge in [0.25, 0.3) is 0 Å². The van der Waals surface area contributed by atoms with Crippen LogP contribution in [0.5, 0.6) is 0 Å². The summed E-state index contributed by atoms with van der Waals surface area (Å²) < 4.78 is 10.0. The van der Waals surface area contributed by atoms with Gasteiger partial charge in [-0.05, 0) is 52.4 Å². The molecule has 41 heavy (non-hydrogen) atoms. The average Bonchev–Trinajstić information content (AvgIpc) is 2.90. The maximum absolute atomic E-state index is 13.1. The predicted octanol–water partition coefficient (Wildman–Crippen LogP) is 5.96. The van der Waals surface area contributed by atoms with E-state index in [0.29, 0.717) is 49.9 Å². The van der Waals surface area contributed by atoms with Gasteiger partial charge in [0.2, 0.25) is 6.41 Å². The lowest BCUT2D eigenvalue weighted by Crippen LogP contribution is -2.42. The molecule has 2 heterocycles. The van der Waals surface area contributed by atoms with E-state index in [1.54, 1.807) is 32.2 Å². The van der Waals surface area contributed by atoms with E-state index in [9.17, 15) is 14.4 Å². The second kappa shape index (κ2) is 18.9. The summed E-state index contributed by atoms with van der Waals surface area (Å²) in [5.74, 6) is 1.77. The van der Waals surface area contributed by atoms with Crippen LogP contribution in [-0.2, 0) is 24.5 Å². The molecule has 1 amide bonds. The second-order valence-electron chi connectivity index (χ2n) is 13.2.